The van der Waals surface area contributed by atoms with Crippen molar-refractivity contribution in [3.05, 3.63) is 48.0 Å². The van der Waals surface area contributed by atoms with Gasteiger partial charge in [0.05, 0.1) is 5.54 Å². The number of aromatic nitrogens is 2. The van der Waals surface area contributed by atoms with Gasteiger partial charge in [-0.1, -0.05) is 5.16 Å². The van der Waals surface area contributed by atoms with E-state index in [1.807, 2.05) is 0 Å². The van der Waals surface area contributed by atoms with Gasteiger partial charge in [0.1, 0.15) is 11.6 Å². The lowest BCUT2D eigenvalue weighted by Crippen LogP contribution is -2.44. The molecule has 1 saturated carbocycles. The lowest BCUT2D eigenvalue weighted by atomic mass is 9.77. The Kier molecular flexibility index (Phi) is 2.87. The highest BCUT2D eigenvalue weighted by molar-refractivity contribution is 5.61. The minimum absolute atomic E-state index is 0.286. The molecule has 0 radical (unpaired) electrons. The van der Waals surface area contributed by atoms with Crippen molar-refractivity contribution < 1.29 is 13.3 Å². The van der Waals surface area contributed by atoms with Crippen LogP contribution in [0.1, 0.15) is 25.1 Å². The van der Waals surface area contributed by atoms with Gasteiger partial charge >= 0.3 is 0 Å². The summed E-state index contributed by atoms with van der Waals surface area (Å²) in [5.74, 6) is 1.63. The molecule has 0 aliphatic heterocycles. The van der Waals surface area contributed by atoms with Crippen molar-refractivity contribution in [1.29, 1.82) is 0 Å². The number of benzene rings is 1. The van der Waals surface area contributed by atoms with Crippen LogP contribution in [0.2, 0.25) is 0 Å². The Hall–Kier alpha value is -2.47. The van der Waals surface area contributed by atoms with Gasteiger partial charge in [-0.15, -0.1) is 0 Å². The predicted octanol–water partition coefficient (Wildman–Crippen LogP) is 3.47. The summed E-state index contributed by atoms with van der Waals surface area (Å²) in [5.41, 5.74) is 6.49. The molecule has 0 bridgehead atoms. The van der Waals surface area contributed by atoms with Crippen LogP contribution in [-0.4, -0.2) is 10.1 Å². The molecule has 6 heteroatoms. The van der Waals surface area contributed by atoms with Gasteiger partial charge in [0.2, 0.25) is 0 Å². The molecule has 0 spiro atoms. The Labute approximate surface area is 125 Å². The third kappa shape index (κ3) is 2.12. The first-order valence-corrected chi connectivity index (χ1v) is 7.13. The summed E-state index contributed by atoms with van der Waals surface area (Å²) in [5, 5.41) is 3.96. The van der Waals surface area contributed by atoms with E-state index in [4.69, 9.17) is 14.7 Å². The first-order chi connectivity index (χ1) is 10.6. The van der Waals surface area contributed by atoms with Gasteiger partial charge in [0, 0.05) is 5.56 Å². The third-order valence-electron chi connectivity index (χ3n) is 4.06. The molecule has 1 aliphatic rings. The highest BCUT2D eigenvalue weighted by Gasteiger charge is 2.39. The maximum absolute atomic E-state index is 13.0. The summed E-state index contributed by atoms with van der Waals surface area (Å²) in [6.45, 7) is 0. The van der Waals surface area contributed by atoms with E-state index in [0.717, 1.165) is 24.8 Å². The van der Waals surface area contributed by atoms with E-state index >= 15 is 0 Å². The fraction of sp³-hybridized carbons (Fsp3) is 0.250. The van der Waals surface area contributed by atoms with Crippen molar-refractivity contribution in [2.24, 2.45) is 5.73 Å². The Morgan fingerprint density at radius 1 is 1.05 bits per heavy atom. The fourth-order valence-corrected chi connectivity index (χ4v) is 2.53. The fourth-order valence-electron chi connectivity index (χ4n) is 2.53. The number of halogens is 1. The van der Waals surface area contributed by atoms with Gasteiger partial charge in [-0.2, -0.15) is 4.98 Å². The van der Waals surface area contributed by atoms with E-state index in [9.17, 15) is 4.39 Å². The molecule has 1 aliphatic carbocycles. The van der Waals surface area contributed by atoms with Gasteiger partial charge < -0.3 is 14.7 Å². The Bertz CT molecular complexity index is 803. The van der Waals surface area contributed by atoms with E-state index < -0.39 is 5.54 Å². The maximum Gasteiger partial charge on any atom is 0.293 e. The summed E-state index contributed by atoms with van der Waals surface area (Å²) in [4.78, 5) is 4.34. The first kappa shape index (κ1) is 13.2. The SMILES string of the molecule is NC1(c2noc(-c3ccc(-c4ccc(F)cc4)o3)n2)CCC1. The average Bonchev–Trinajstić information content (AvgIpc) is 3.14. The van der Waals surface area contributed by atoms with Gasteiger partial charge in [-0.25, -0.2) is 4.39 Å². The molecule has 3 aromatic rings. The molecule has 1 fully saturated rings. The molecule has 112 valence electrons. The van der Waals surface area contributed by atoms with Crippen molar-refractivity contribution in [2.45, 2.75) is 24.8 Å². The first-order valence-electron chi connectivity index (χ1n) is 7.13. The molecule has 4 rings (SSSR count). The van der Waals surface area contributed by atoms with E-state index in [-0.39, 0.29) is 5.82 Å². The van der Waals surface area contributed by atoms with Crippen molar-refractivity contribution in [1.82, 2.24) is 10.1 Å². The van der Waals surface area contributed by atoms with Crippen molar-refractivity contribution >= 4 is 0 Å². The Morgan fingerprint density at radius 3 is 2.45 bits per heavy atom. The quantitative estimate of drug-likeness (QED) is 0.801. The molecule has 1 aromatic carbocycles. The van der Waals surface area contributed by atoms with Crippen LogP contribution in [0.5, 0.6) is 0 Å². The number of nitrogens with two attached hydrogens (primary N) is 1. The van der Waals surface area contributed by atoms with E-state index in [0.29, 0.717) is 23.2 Å². The van der Waals surface area contributed by atoms with Crippen LogP contribution in [-0.2, 0) is 5.54 Å². The smallest absolute Gasteiger partial charge is 0.293 e. The Balaban J connectivity index is 1.63. The van der Waals surface area contributed by atoms with Crippen LogP contribution < -0.4 is 5.73 Å². The molecule has 2 aromatic heterocycles. The van der Waals surface area contributed by atoms with Gasteiger partial charge in [-0.3, -0.25) is 0 Å². The topological polar surface area (TPSA) is 78.1 Å². The van der Waals surface area contributed by atoms with Crippen LogP contribution in [0.4, 0.5) is 4.39 Å². The Morgan fingerprint density at radius 2 is 1.77 bits per heavy atom. The van der Waals surface area contributed by atoms with Crippen LogP contribution in [0.3, 0.4) is 0 Å². The van der Waals surface area contributed by atoms with E-state index in [1.165, 1.54) is 12.1 Å². The van der Waals surface area contributed by atoms with Crippen molar-refractivity contribution in [3.8, 4) is 23.0 Å². The molecule has 0 amide bonds. The number of hydrogen-bond acceptors (Lipinski definition) is 5. The monoisotopic (exact) mass is 299 g/mol. The summed E-state index contributed by atoms with van der Waals surface area (Å²) in [7, 11) is 0. The summed E-state index contributed by atoms with van der Waals surface area (Å²) < 4.78 is 23.9. The summed E-state index contributed by atoms with van der Waals surface area (Å²) in [6, 6.07) is 9.61. The molecule has 22 heavy (non-hydrogen) atoms. The third-order valence-corrected chi connectivity index (χ3v) is 4.06. The second kappa shape index (κ2) is 4.78. The number of rotatable bonds is 3. The summed E-state index contributed by atoms with van der Waals surface area (Å²) >= 11 is 0. The number of nitrogens with zero attached hydrogens (tertiary/aromatic N) is 2. The molecule has 2 heterocycles. The lowest BCUT2D eigenvalue weighted by molar-refractivity contribution is 0.229. The zero-order valence-corrected chi connectivity index (χ0v) is 11.8. The molecular formula is C16H14FN3O2. The van der Waals surface area contributed by atoms with Crippen LogP contribution in [0, 0.1) is 5.82 Å². The van der Waals surface area contributed by atoms with E-state index in [1.54, 1.807) is 24.3 Å². The molecule has 5 nitrogen and oxygen atoms in total. The minimum atomic E-state index is -0.464. The zero-order chi connectivity index (χ0) is 15.2. The second-order valence-corrected chi connectivity index (χ2v) is 5.60. The lowest BCUT2D eigenvalue weighted by Gasteiger charge is -2.34. The highest BCUT2D eigenvalue weighted by Crippen LogP contribution is 2.38. The average molecular weight is 299 g/mol. The van der Waals surface area contributed by atoms with Gasteiger partial charge in [-0.05, 0) is 55.7 Å². The molecule has 2 N–H and O–H groups in total. The number of hydrogen-bond donors (Lipinski definition) is 1. The molecular weight excluding hydrogens is 285 g/mol. The molecule has 0 atom stereocenters. The predicted molar refractivity (Wildman–Crippen MR) is 77.1 cm³/mol. The molecule has 0 unspecified atom stereocenters. The van der Waals surface area contributed by atoms with Crippen LogP contribution >= 0.6 is 0 Å². The largest absolute Gasteiger partial charge is 0.451 e. The highest BCUT2D eigenvalue weighted by atomic mass is 19.1. The second-order valence-electron chi connectivity index (χ2n) is 5.60. The normalized spacial score (nSPS) is 16.5. The summed E-state index contributed by atoms with van der Waals surface area (Å²) in [6.07, 6.45) is 2.81. The van der Waals surface area contributed by atoms with Crippen molar-refractivity contribution in [3.63, 3.8) is 0 Å². The zero-order valence-electron chi connectivity index (χ0n) is 11.8. The van der Waals surface area contributed by atoms with Gasteiger partial charge in [0.15, 0.2) is 11.6 Å². The maximum atomic E-state index is 13.0. The molecule has 0 saturated heterocycles. The standard InChI is InChI=1S/C16H14FN3O2/c17-11-4-2-10(3-5-11)12-6-7-13(21-12)14-19-15(20-22-14)16(18)8-1-9-16/h2-7H,1,8-9,18H2. The van der Waals surface area contributed by atoms with Crippen LogP contribution in [0.15, 0.2) is 45.3 Å². The van der Waals surface area contributed by atoms with Gasteiger partial charge in [0.25, 0.3) is 5.89 Å². The van der Waals surface area contributed by atoms with Crippen LogP contribution in [0.25, 0.3) is 23.0 Å². The minimum Gasteiger partial charge on any atom is -0.451 e. The number of furan rings is 1. The van der Waals surface area contributed by atoms with E-state index in [2.05, 4.69) is 10.1 Å². The van der Waals surface area contributed by atoms with Crippen molar-refractivity contribution in [2.75, 3.05) is 0 Å².